The fourth-order valence-electron chi connectivity index (χ4n) is 3.26. The molecule has 0 N–H and O–H groups in total. The maximum absolute atomic E-state index is 14.1. The molecule has 1 heterocycles. The molecule has 0 unspecified atom stereocenters. The lowest BCUT2D eigenvalue weighted by molar-refractivity contribution is -0.160. The van der Waals surface area contributed by atoms with Gasteiger partial charge in [0.15, 0.2) is 28.2 Å². The number of hydroxylamine groups is 2. The number of hydrogen-bond acceptors (Lipinski definition) is 5. The van der Waals surface area contributed by atoms with E-state index >= 15 is 0 Å². The third-order valence-corrected chi connectivity index (χ3v) is 5.97. The smallest absolute Gasteiger partial charge is 0.266 e. The van der Waals surface area contributed by atoms with Crippen LogP contribution in [0.1, 0.15) is 11.1 Å². The normalized spacial score (nSPS) is 14.3. The van der Waals surface area contributed by atoms with Crippen molar-refractivity contribution >= 4 is 33.1 Å². The molecule has 1 aliphatic rings. The molecular weight excluding hydrogens is 485 g/mol. The maximum Gasteiger partial charge on any atom is 0.324 e. The largest absolute Gasteiger partial charge is 0.324 e. The minimum atomic E-state index is -5.88. The maximum atomic E-state index is 14.1. The van der Waals surface area contributed by atoms with Crippen molar-refractivity contribution in [2.45, 2.75) is 4.90 Å². The third-order valence-electron chi connectivity index (χ3n) is 4.76. The van der Waals surface area contributed by atoms with Crippen LogP contribution in [0.5, 0.6) is 0 Å². The Morgan fingerprint density at radius 1 is 0.588 bits per heavy atom. The van der Waals surface area contributed by atoms with Crippen molar-refractivity contribution in [2.75, 3.05) is 0 Å². The summed E-state index contributed by atoms with van der Waals surface area (Å²) in [6, 6.07) is 15.1. The highest BCUT2D eigenvalue weighted by atomic mass is 32.2. The van der Waals surface area contributed by atoms with E-state index in [-0.39, 0.29) is 27.3 Å². The molecule has 4 rings (SSSR count). The highest BCUT2D eigenvalue weighted by Gasteiger charge is 2.45. The molecule has 3 aromatic carbocycles. The second-order valence-corrected chi connectivity index (χ2v) is 8.28. The molecule has 0 radical (unpaired) electrons. The Balaban J connectivity index is 1.83. The van der Waals surface area contributed by atoms with Crippen molar-refractivity contribution in [3.05, 3.63) is 101 Å². The number of carbonyl (C=O) groups excluding carboxylic acids is 2. The van der Waals surface area contributed by atoms with Gasteiger partial charge in [0.2, 0.25) is 5.82 Å². The Kier molecular flexibility index (Phi) is 5.79. The van der Waals surface area contributed by atoms with Crippen LogP contribution in [0.25, 0.3) is 11.1 Å². The number of amides is 2. The molecule has 0 saturated heterocycles. The molecule has 174 valence electrons. The molecule has 12 heteroatoms. The van der Waals surface area contributed by atoms with Gasteiger partial charge in [0.1, 0.15) is 0 Å². The predicted molar refractivity (Wildman–Crippen MR) is 106 cm³/mol. The molecule has 3 aromatic rings. The number of carbonyl (C=O) groups is 2. The first-order valence-electron chi connectivity index (χ1n) is 9.26. The number of nitrogens with zero attached hydrogens (tertiary/aromatic N) is 1. The van der Waals surface area contributed by atoms with Crippen LogP contribution in [-0.4, -0.2) is 25.3 Å². The molecule has 0 spiro atoms. The standard InChI is InChI=1S/C22H10F5NO5S/c23-15-16(24)18(26)20(19(27)17(15)25)34(31,32)33-28-21(29)13(11-7-3-1-4-8-11)14(22(28)30)12-9-5-2-6-10-12/h1-10H. The summed E-state index contributed by atoms with van der Waals surface area (Å²) in [6.45, 7) is 0. The molecular formula is C22H10F5NO5S. The zero-order chi connectivity index (χ0) is 24.8. The first-order chi connectivity index (χ1) is 16.1. The van der Waals surface area contributed by atoms with Crippen molar-refractivity contribution in [3.63, 3.8) is 0 Å². The summed E-state index contributed by atoms with van der Waals surface area (Å²) in [7, 11) is -5.88. The van der Waals surface area contributed by atoms with Crippen molar-refractivity contribution in [1.82, 2.24) is 5.06 Å². The van der Waals surface area contributed by atoms with Gasteiger partial charge >= 0.3 is 10.1 Å². The zero-order valence-corrected chi connectivity index (χ0v) is 17.4. The van der Waals surface area contributed by atoms with Gasteiger partial charge in [-0.2, -0.15) is 8.42 Å². The van der Waals surface area contributed by atoms with Crippen LogP contribution in [0.3, 0.4) is 0 Å². The lowest BCUT2D eigenvalue weighted by Crippen LogP contribution is -2.35. The van der Waals surface area contributed by atoms with Gasteiger partial charge in [0.05, 0.1) is 11.1 Å². The molecule has 34 heavy (non-hydrogen) atoms. The summed E-state index contributed by atoms with van der Waals surface area (Å²) in [5.41, 5.74) is -0.243. The van der Waals surface area contributed by atoms with Gasteiger partial charge in [-0.15, -0.1) is 9.35 Å². The fraction of sp³-hybridized carbons (Fsp3) is 0. The van der Waals surface area contributed by atoms with Crippen LogP contribution in [0.4, 0.5) is 22.0 Å². The van der Waals surface area contributed by atoms with Gasteiger partial charge in [0.25, 0.3) is 11.8 Å². The molecule has 0 bridgehead atoms. The molecule has 0 atom stereocenters. The van der Waals surface area contributed by atoms with Crippen molar-refractivity contribution in [3.8, 4) is 0 Å². The minimum absolute atomic E-state index is 0.180. The number of benzene rings is 3. The van der Waals surface area contributed by atoms with Gasteiger partial charge in [-0.3, -0.25) is 9.59 Å². The van der Waals surface area contributed by atoms with Gasteiger partial charge in [-0.05, 0) is 11.1 Å². The lowest BCUT2D eigenvalue weighted by Gasteiger charge is -2.15. The van der Waals surface area contributed by atoms with Crippen LogP contribution < -0.4 is 0 Å². The molecule has 6 nitrogen and oxygen atoms in total. The molecule has 0 aromatic heterocycles. The fourth-order valence-corrected chi connectivity index (χ4v) is 4.29. The summed E-state index contributed by atoms with van der Waals surface area (Å²) < 4.78 is 97.9. The quantitative estimate of drug-likeness (QED) is 0.232. The van der Waals surface area contributed by atoms with E-state index in [4.69, 9.17) is 0 Å². The third kappa shape index (κ3) is 3.66. The van der Waals surface area contributed by atoms with E-state index in [0.717, 1.165) is 0 Å². The van der Waals surface area contributed by atoms with E-state index < -0.39 is 55.9 Å². The Labute approximate surface area is 188 Å². The zero-order valence-electron chi connectivity index (χ0n) is 16.6. The Morgan fingerprint density at radius 2 is 0.941 bits per heavy atom. The average Bonchev–Trinajstić information content (AvgIpc) is 3.07. The lowest BCUT2D eigenvalue weighted by atomic mass is 9.96. The van der Waals surface area contributed by atoms with Crippen LogP contribution in [-0.2, 0) is 24.0 Å². The van der Waals surface area contributed by atoms with E-state index in [1.54, 1.807) is 12.1 Å². The first-order valence-corrected chi connectivity index (χ1v) is 10.7. The molecule has 0 aliphatic carbocycles. The van der Waals surface area contributed by atoms with Gasteiger partial charge in [0, 0.05) is 0 Å². The van der Waals surface area contributed by atoms with E-state index in [1.807, 2.05) is 0 Å². The predicted octanol–water partition coefficient (Wildman–Crippen LogP) is 3.98. The van der Waals surface area contributed by atoms with E-state index in [0.29, 0.717) is 0 Å². The van der Waals surface area contributed by atoms with E-state index in [1.165, 1.54) is 48.5 Å². The number of imide groups is 1. The Bertz CT molecular complexity index is 1380. The van der Waals surface area contributed by atoms with E-state index in [9.17, 15) is 40.0 Å². The van der Waals surface area contributed by atoms with Crippen molar-refractivity contribution < 1.29 is 44.2 Å². The number of halogens is 5. The molecule has 2 amide bonds. The van der Waals surface area contributed by atoms with Gasteiger partial charge in [-0.25, -0.2) is 22.0 Å². The summed E-state index contributed by atoms with van der Waals surface area (Å²) in [6.07, 6.45) is 0. The summed E-state index contributed by atoms with van der Waals surface area (Å²) in [5, 5.41) is -0.307. The minimum Gasteiger partial charge on any atom is -0.266 e. The second kappa shape index (κ2) is 8.47. The summed E-state index contributed by atoms with van der Waals surface area (Å²) in [5.74, 6) is -15.8. The monoisotopic (exact) mass is 495 g/mol. The summed E-state index contributed by atoms with van der Waals surface area (Å²) >= 11 is 0. The van der Waals surface area contributed by atoms with Crippen LogP contribution >= 0.6 is 0 Å². The first kappa shape index (κ1) is 23.3. The summed E-state index contributed by atoms with van der Waals surface area (Å²) in [4.78, 5) is 23.7. The van der Waals surface area contributed by atoms with Crippen molar-refractivity contribution in [2.24, 2.45) is 0 Å². The van der Waals surface area contributed by atoms with Crippen LogP contribution in [0.15, 0.2) is 65.6 Å². The number of hydrogen-bond donors (Lipinski definition) is 0. The van der Waals surface area contributed by atoms with E-state index in [2.05, 4.69) is 4.28 Å². The van der Waals surface area contributed by atoms with Gasteiger partial charge in [-0.1, -0.05) is 60.7 Å². The number of rotatable bonds is 5. The van der Waals surface area contributed by atoms with Crippen LogP contribution in [0, 0.1) is 29.1 Å². The average molecular weight is 495 g/mol. The molecule has 1 aliphatic heterocycles. The van der Waals surface area contributed by atoms with Crippen molar-refractivity contribution in [1.29, 1.82) is 0 Å². The van der Waals surface area contributed by atoms with Crippen LogP contribution in [0.2, 0.25) is 0 Å². The molecule has 0 saturated carbocycles. The highest BCUT2D eigenvalue weighted by Crippen LogP contribution is 2.37. The second-order valence-electron chi connectivity index (χ2n) is 6.81. The SMILES string of the molecule is O=C1C(c2ccccc2)=C(c2ccccc2)C(=O)N1OS(=O)(=O)c1c(F)c(F)c(F)c(F)c1F. The van der Waals surface area contributed by atoms with Gasteiger partial charge < -0.3 is 0 Å². The topological polar surface area (TPSA) is 80.8 Å². The Hall–Kier alpha value is -3.90. The Morgan fingerprint density at radius 3 is 1.32 bits per heavy atom. The highest BCUT2D eigenvalue weighted by molar-refractivity contribution is 7.86. The molecule has 0 fully saturated rings.